The van der Waals surface area contributed by atoms with E-state index in [1.807, 2.05) is 0 Å². The molecule has 4 nitrogen and oxygen atoms in total. The maximum atomic E-state index is 10.3. The molecule has 0 radical (unpaired) electrons. The minimum atomic E-state index is -1.37. The molecule has 0 aromatic carbocycles. The quantitative estimate of drug-likeness (QED) is 0.664. The van der Waals surface area contributed by atoms with Crippen LogP contribution in [0.4, 0.5) is 4.79 Å². The lowest BCUT2D eigenvalue weighted by Crippen LogP contribution is -2.22. The third kappa shape index (κ3) is 2.37. The molecule has 1 rings (SSSR count). The Labute approximate surface area is 75.8 Å². The van der Waals surface area contributed by atoms with E-state index in [0.717, 1.165) is 5.57 Å². The van der Waals surface area contributed by atoms with Gasteiger partial charge in [0.2, 0.25) is 0 Å². The fraction of sp³-hybridized carbons (Fsp3) is 0.222. The van der Waals surface area contributed by atoms with E-state index in [1.165, 1.54) is 6.26 Å². The molecule has 1 unspecified atom stereocenters. The average molecular weight is 182 g/mol. The van der Waals surface area contributed by atoms with Crippen LogP contribution in [0.3, 0.4) is 0 Å². The van der Waals surface area contributed by atoms with Crippen LogP contribution >= 0.6 is 0 Å². The largest absolute Gasteiger partial charge is 0.509 e. The van der Waals surface area contributed by atoms with Gasteiger partial charge in [0, 0.05) is 5.57 Å². The Bertz CT molecular complexity index is 288. The van der Waals surface area contributed by atoms with Crippen molar-refractivity contribution < 1.29 is 19.4 Å². The molecule has 0 saturated carbocycles. The van der Waals surface area contributed by atoms with Crippen molar-refractivity contribution in [3.63, 3.8) is 0 Å². The van der Waals surface area contributed by atoms with Gasteiger partial charge in [0.05, 0.1) is 6.26 Å². The van der Waals surface area contributed by atoms with Gasteiger partial charge in [0.25, 0.3) is 6.29 Å². The first kappa shape index (κ1) is 9.38. The van der Waals surface area contributed by atoms with Crippen molar-refractivity contribution >= 4 is 6.16 Å². The van der Waals surface area contributed by atoms with Crippen LogP contribution in [0.15, 0.2) is 36.1 Å². The van der Waals surface area contributed by atoms with Crippen LogP contribution in [-0.4, -0.2) is 17.6 Å². The Morgan fingerprint density at radius 2 is 2.46 bits per heavy atom. The zero-order valence-corrected chi connectivity index (χ0v) is 7.19. The molecule has 1 aliphatic heterocycles. The van der Waals surface area contributed by atoms with Crippen LogP contribution in [0.5, 0.6) is 0 Å². The molecule has 1 N–H and O–H groups in total. The van der Waals surface area contributed by atoms with Crippen molar-refractivity contribution in [3.05, 3.63) is 36.1 Å². The van der Waals surface area contributed by atoms with Gasteiger partial charge in [-0.2, -0.15) is 0 Å². The Kier molecular flexibility index (Phi) is 2.74. The number of allylic oxidation sites excluding steroid dienone is 2. The van der Waals surface area contributed by atoms with Gasteiger partial charge in [-0.05, 0) is 24.6 Å². The smallest absolute Gasteiger partial charge is 0.458 e. The summed E-state index contributed by atoms with van der Waals surface area (Å²) in [5.74, 6) is 0. The number of ether oxygens (including phenoxy) is 2. The van der Waals surface area contributed by atoms with E-state index in [-0.39, 0.29) is 0 Å². The molecule has 0 bridgehead atoms. The lowest BCUT2D eigenvalue weighted by molar-refractivity contribution is -0.0545. The van der Waals surface area contributed by atoms with Gasteiger partial charge in [-0.3, -0.25) is 0 Å². The normalized spacial score (nSPS) is 20.1. The summed E-state index contributed by atoms with van der Waals surface area (Å²) in [5.41, 5.74) is 1.35. The average Bonchev–Trinajstić information content (AvgIpc) is 2.03. The van der Waals surface area contributed by atoms with E-state index in [2.05, 4.69) is 11.3 Å². The first-order valence-corrected chi connectivity index (χ1v) is 3.69. The van der Waals surface area contributed by atoms with E-state index < -0.39 is 12.4 Å². The molecule has 0 saturated heterocycles. The van der Waals surface area contributed by atoms with Crippen LogP contribution in [0.1, 0.15) is 6.92 Å². The van der Waals surface area contributed by atoms with Crippen molar-refractivity contribution in [2.24, 2.45) is 0 Å². The summed E-state index contributed by atoms with van der Waals surface area (Å²) in [7, 11) is 0. The second-order valence-electron chi connectivity index (χ2n) is 2.58. The molecule has 1 heterocycles. The van der Waals surface area contributed by atoms with Gasteiger partial charge in [-0.15, -0.1) is 0 Å². The van der Waals surface area contributed by atoms with E-state index in [9.17, 15) is 4.79 Å². The molecule has 13 heavy (non-hydrogen) atoms. The van der Waals surface area contributed by atoms with E-state index >= 15 is 0 Å². The Hall–Kier alpha value is -1.71. The molecule has 0 spiro atoms. The molecule has 0 fully saturated rings. The number of rotatable bonds is 2. The van der Waals surface area contributed by atoms with Gasteiger partial charge < -0.3 is 14.6 Å². The number of hydrogen-bond acceptors (Lipinski definition) is 3. The predicted octanol–water partition coefficient (Wildman–Crippen LogP) is 2.05. The van der Waals surface area contributed by atoms with Crippen molar-refractivity contribution in [2.45, 2.75) is 13.2 Å². The van der Waals surface area contributed by atoms with Crippen LogP contribution in [0, 0.1) is 0 Å². The van der Waals surface area contributed by atoms with Gasteiger partial charge in [0.1, 0.15) is 0 Å². The number of carbonyl (C=O) groups is 1. The van der Waals surface area contributed by atoms with Crippen LogP contribution < -0.4 is 0 Å². The second-order valence-corrected chi connectivity index (χ2v) is 2.58. The SMILES string of the molecule is C=C(C)C1=CC=COC1OC(=O)O. The van der Waals surface area contributed by atoms with Crippen molar-refractivity contribution in [1.82, 2.24) is 0 Å². The lowest BCUT2D eigenvalue weighted by Gasteiger charge is -2.20. The van der Waals surface area contributed by atoms with Crippen molar-refractivity contribution in [3.8, 4) is 0 Å². The van der Waals surface area contributed by atoms with E-state index in [1.54, 1.807) is 19.1 Å². The first-order valence-electron chi connectivity index (χ1n) is 3.69. The summed E-state index contributed by atoms with van der Waals surface area (Å²) in [5, 5.41) is 8.38. The van der Waals surface area contributed by atoms with Gasteiger partial charge in [-0.25, -0.2) is 4.79 Å². The first-order chi connectivity index (χ1) is 6.11. The molecular weight excluding hydrogens is 172 g/mol. The maximum absolute atomic E-state index is 10.3. The summed E-state index contributed by atoms with van der Waals surface area (Å²) >= 11 is 0. The highest BCUT2D eigenvalue weighted by Crippen LogP contribution is 2.20. The highest BCUT2D eigenvalue weighted by Gasteiger charge is 2.21. The molecule has 4 heteroatoms. The highest BCUT2D eigenvalue weighted by molar-refractivity contribution is 5.58. The Balaban J connectivity index is 2.75. The molecule has 0 aliphatic carbocycles. The predicted molar refractivity (Wildman–Crippen MR) is 46.0 cm³/mol. The van der Waals surface area contributed by atoms with Gasteiger partial charge in [-0.1, -0.05) is 6.58 Å². The monoisotopic (exact) mass is 182 g/mol. The third-order valence-corrected chi connectivity index (χ3v) is 1.51. The van der Waals surface area contributed by atoms with E-state index in [0.29, 0.717) is 5.57 Å². The summed E-state index contributed by atoms with van der Waals surface area (Å²) in [6.45, 7) is 5.44. The van der Waals surface area contributed by atoms with Gasteiger partial charge >= 0.3 is 6.16 Å². The molecule has 1 atom stereocenters. The van der Waals surface area contributed by atoms with E-state index in [4.69, 9.17) is 9.84 Å². The number of carboxylic acid groups (broad SMARTS) is 1. The molecule has 0 aromatic rings. The topological polar surface area (TPSA) is 55.8 Å². The lowest BCUT2D eigenvalue weighted by atomic mass is 10.1. The van der Waals surface area contributed by atoms with Crippen LogP contribution in [0.25, 0.3) is 0 Å². The molecule has 70 valence electrons. The molecular formula is C9H10O4. The fourth-order valence-corrected chi connectivity index (χ4v) is 0.938. The molecule has 0 aromatic heterocycles. The van der Waals surface area contributed by atoms with Crippen LogP contribution in [0.2, 0.25) is 0 Å². The summed E-state index contributed by atoms with van der Waals surface area (Å²) in [6, 6.07) is 0. The zero-order chi connectivity index (χ0) is 9.84. The maximum Gasteiger partial charge on any atom is 0.509 e. The third-order valence-electron chi connectivity index (χ3n) is 1.51. The summed E-state index contributed by atoms with van der Waals surface area (Å²) in [4.78, 5) is 10.3. The minimum absolute atomic E-state index is 0.630. The number of hydrogen-bond donors (Lipinski definition) is 1. The van der Waals surface area contributed by atoms with Crippen LogP contribution in [-0.2, 0) is 9.47 Å². The molecule has 1 aliphatic rings. The zero-order valence-electron chi connectivity index (χ0n) is 7.19. The molecule has 0 amide bonds. The summed E-state index contributed by atoms with van der Waals surface area (Å²) < 4.78 is 9.43. The van der Waals surface area contributed by atoms with Gasteiger partial charge in [0.15, 0.2) is 0 Å². The van der Waals surface area contributed by atoms with Crippen molar-refractivity contribution in [2.75, 3.05) is 0 Å². The Morgan fingerprint density at radius 1 is 1.77 bits per heavy atom. The Morgan fingerprint density at radius 3 is 3.00 bits per heavy atom. The second kappa shape index (κ2) is 3.80. The minimum Gasteiger partial charge on any atom is -0.458 e. The summed E-state index contributed by atoms with van der Waals surface area (Å²) in [6.07, 6.45) is 2.48. The van der Waals surface area contributed by atoms with Crippen molar-refractivity contribution in [1.29, 1.82) is 0 Å². The standard InChI is InChI=1S/C9H10O4/c1-6(2)7-4-3-5-12-8(7)13-9(10)11/h3-5,8H,1H2,2H3,(H,10,11). The fourth-order valence-electron chi connectivity index (χ4n) is 0.938. The highest BCUT2D eigenvalue weighted by atomic mass is 16.8.